The standard InChI is InChI=1S/C35H42FN7O4/c1-4-24-28(41-32(45)30(24)36)21-47-33-26-17-29(46-3)27(31(37)44)16-25(26)23(20-38-33)6-5-11-42-12-7-35(8-13-42)9-14-43(15-10-35)34-39-18-22(2)19-40-34/h16-20,24,28,30H,4,7-15,21H2,1-3H3,(H2,37,44)(H,41,45)/t24-,28+,30?/m0/s1. The molecule has 3 saturated heterocycles. The fourth-order valence-electron chi connectivity index (χ4n) is 7.07. The summed E-state index contributed by atoms with van der Waals surface area (Å²) in [5.74, 6) is 6.22. The van der Waals surface area contributed by atoms with Gasteiger partial charge in [-0.25, -0.2) is 19.3 Å². The zero-order valence-electron chi connectivity index (χ0n) is 27.2. The van der Waals surface area contributed by atoms with E-state index in [9.17, 15) is 14.0 Å². The molecule has 0 radical (unpaired) electrons. The Bertz CT molecular complexity index is 1690. The van der Waals surface area contributed by atoms with E-state index in [1.807, 2.05) is 26.2 Å². The van der Waals surface area contributed by atoms with Gasteiger partial charge in [-0.15, -0.1) is 0 Å². The number of piperidine rings is 2. The molecule has 1 aromatic carbocycles. The molecule has 2 amide bonds. The van der Waals surface area contributed by atoms with E-state index in [1.54, 1.807) is 18.3 Å². The van der Waals surface area contributed by atoms with Gasteiger partial charge in [0.2, 0.25) is 11.8 Å². The van der Waals surface area contributed by atoms with Crippen molar-refractivity contribution in [3.8, 4) is 23.5 Å². The molecule has 11 nitrogen and oxygen atoms in total. The van der Waals surface area contributed by atoms with Gasteiger partial charge in [0, 0.05) is 48.4 Å². The van der Waals surface area contributed by atoms with Crippen molar-refractivity contribution in [3.05, 3.63) is 47.4 Å². The number of nitrogens with two attached hydrogens (primary N) is 1. The minimum Gasteiger partial charge on any atom is -0.496 e. The van der Waals surface area contributed by atoms with Crippen molar-refractivity contribution in [2.45, 2.75) is 58.2 Å². The van der Waals surface area contributed by atoms with Gasteiger partial charge in [-0.1, -0.05) is 18.8 Å². The minimum atomic E-state index is -1.56. The largest absolute Gasteiger partial charge is 0.496 e. The number of likely N-dealkylation sites (tertiary alicyclic amines) is 1. The van der Waals surface area contributed by atoms with Crippen LogP contribution in [0, 0.1) is 30.1 Å². The third-order valence-corrected chi connectivity index (χ3v) is 10.1. The second-order valence-electron chi connectivity index (χ2n) is 13.0. The number of benzene rings is 1. The second kappa shape index (κ2) is 13.7. The number of halogens is 1. The first-order chi connectivity index (χ1) is 22.7. The highest BCUT2D eigenvalue weighted by molar-refractivity contribution is 6.03. The molecular formula is C35H42FN7O4. The highest BCUT2D eigenvalue weighted by Crippen LogP contribution is 2.41. The topological polar surface area (TPSA) is 136 Å². The first-order valence-electron chi connectivity index (χ1n) is 16.3. The summed E-state index contributed by atoms with van der Waals surface area (Å²) in [6, 6.07) is 2.83. The molecule has 3 atom stereocenters. The van der Waals surface area contributed by atoms with Crippen molar-refractivity contribution in [1.82, 2.24) is 25.2 Å². The third-order valence-electron chi connectivity index (χ3n) is 10.1. The quantitative estimate of drug-likeness (QED) is 0.354. The van der Waals surface area contributed by atoms with E-state index in [2.05, 4.69) is 41.9 Å². The van der Waals surface area contributed by atoms with Gasteiger partial charge in [0.05, 0.1) is 30.8 Å². The fraction of sp³-hybridized carbons (Fsp3) is 0.514. The van der Waals surface area contributed by atoms with Gasteiger partial charge in [-0.3, -0.25) is 14.5 Å². The van der Waals surface area contributed by atoms with E-state index in [0.29, 0.717) is 34.7 Å². The summed E-state index contributed by atoms with van der Waals surface area (Å²) < 4.78 is 25.8. The van der Waals surface area contributed by atoms with Crippen LogP contribution in [0.3, 0.4) is 0 Å². The van der Waals surface area contributed by atoms with Crippen LogP contribution in [-0.4, -0.2) is 90.3 Å². The number of fused-ring (bicyclic) bond motifs is 1. The van der Waals surface area contributed by atoms with Crippen molar-refractivity contribution in [1.29, 1.82) is 0 Å². The molecule has 0 saturated carbocycles. The van der Waals surface area contributed by atoms with Crippen molar-refractivity contribution >= 4 is 28.5 Å². The van der Waals surface area contributed by atoms with Crippen LogP contribution < -0.4 is 25.4 Å². The molecule has 2 aromatic heterocycles. The number of aromatic nitrogens is 3. The number of carbonyl (C=O) groups is 2. The molecule has 3 aliphatic heterocycles. The summed E-state index contributed by atoms with van der Waals surface area (Å²) in [5, 5.41) is 3.90. The van der Waals surface area contributed by atoms with E-state index in [-0.39, 0.29) is 23.8 Å². The van der Waals surface area contributed by atoms with E-state index >= 15 is 0 Å². The first-order valence-corrected chi connectivity index (χ1v) is 16.3. The zero-order chi connectivity index (χ0) is 33.1. The van der Waals surface area contributed by atoms with Gasteiger partial charge in [-0.05, 0) is 75.2 Å². The average molecular weight is 644 g/mol. The number of carbonyl (C=O) groups excluding carboxylic acids is 2. The summed E-state index contributed by atoms with van der Waals surface area (Å²) in [6.07, 6.45) is 8.86. The SMILES string of the molecule is CC[C@@H]1C(F)C(=O)N[C@@H]1COc1ncc(C#CCN2CCC3(CC2)CCN(c2ncc(C)cn2)CC3)c2cc(C(N)=O)c(OC)cc12. The molecule has 47 heavy (non-hydrogen) atoms. The van der Waals surface area contributed by atoms with Gasteiger partial charge in [-0.2, -0.15) is 0 Å². The highest BCUT2D eigenvalue weighted by atomic mass is 19.1. The lowest BCUT2D eigenvalue weighted by atomic mass is 9.71. The van der Waals surface area contributed by atoms with E-state index in [4.69, 9.17) is 15.2 Å². The van der Waals surface area contributed by atoms with Crippen LogP contribution in [0.1, 0.15) is 60.5 Å². The number of pyridine rings is 1. The Morgan fingerprint density at radius 2 is 1.79 bits per heavy atom. The molecule has 6 rings (SSSR count). The predicted octanol–water partition coefficient (Wildman–Crippen LogP) is 3.42. The van der Waals surface area contributed by atoms with Crippen LogP contribution in [0.2, 0.25) is 0 Å². The number of rotatable bonds is 8. The lowest BCUT2D eigenvalue weighted by Gasteiger charge is -2.46. The molecule has 3 N–H and O–H groups in total. The number of hydrogen-bond donors (Lipinski definition) is 2. The number of alkyl halides is 1. The fourth-order valence-corrected chi connectivity index (χ4v) is 7.07. The number of hydrogen-bond acceptors (Lipinski definition) is 9. The zero-order valence-corrected chi connectivity index (χ0v) is 27.2. The molecule has 3 aromatic rings. The summed E-state index contributed by atoms with van der Waals surface area (Å²) in [5.41, 5.74) is 7.94. The maximum Gasteiger partial charge on any atom is 0.255 e. The second-order valence-corrected chi connectivity index (χ2v) is 13.0. The molecule has 3 fully saturated rings. The number of primary amides is 1. The highest BCUT2D eigenvalue weighted by Gasteiger charge is 2.42. The number of nitrogens with zero attached hydrogens (tertiary/aromatic N) is 5. The van der Waals surface area contributed by atoms with Crippen molar-refractivity contribution in [2.24, 2.45) is 17.1 Å². The molecule has 3 aliphatic rings. The summed E-state index contributed by atoms with van der Waals surface area (Å²) in [7, 11) is 1.46. The Morgan fingerprint density at radius 3 is 2.45 bits per heavy atom. The monoisotopic (exact) mass is 643 g/mol. The number of anilines is 1. The molecule has 1 spiro atoms. The molecular weight excluding hydrogens is 601 g/mol. The summed E-state index contributed by atoms with van der Waals surface area (Å²) in [4.78, 5) is 42.4. The van der Waals surface area contributed by atoms with Crippen LogP contribution in [0.5, 0.6) is 11.6 Å². The smallest absolute Gasteiger partial charge is 0.255 e. The van der Waals surface area contributed by atoms with Crippen molar-refractivity contribution in [2.75, 3.05) is 51.3 Å². The lowest BCUT2D eigenvalue weighted by Crippen LogP contribution is -2.47. The summed E-state index contributed by atoms with van der Waals surface area (Å²) in [6.45, 7) is 8.43. The van der Waals surface area contributed by atoms with Gasteiger partial charge in [0.1, 0.15) is 12.4 Å². The van der Waals surface area contributed by atoms with Gasteiger partial charge in [0.15, 0.2) is 6.17 Å². The molecule has 5 heterocycles. The Kier molecular flexibility index (Phi) is 9.45. The van der Waals surface area contributed by atoms with Crippen LogP contribution in [0.4, 0.5) is 10.3 Å². The van der Waals surface area contributed by atoms with Crippen molar-refractivity contribution in [3.63, 3.8) is 0 Å². The van der Waals surface area contributed by atoms with Crippen LogP contribution >= 0.6 is 0 Å². The number of aryl methyl sites for hydroxylation is 1. The maximum atomic E-state index is 14.3. The number of amides is 2. The number of ether oxygens (including phenoxy) is 2. The Morgan fingerprint density at radius 1 is 1.09 bits per heavy atom. The third kappa shape index (κ3) is 6.81. The lowest BCUT2D eigenvalue weighted by molar-refractivity contribution is -0.123. The Balaban J connectivity index is 1.13. The molecule has 0 aliphatic carbocycles. The molecule has 0 bridgehead atoms. The average Bonchev–Trinajstić information content (AvgIpc) is 3.36. The van der Waals surface area contributed by atoms with E-state index < -0.39 is 29.9 Å². The van der Waals surface area contributed by atoms with Gasteiger partial charge >= 0.3 is 0 Å². The van der Waals surface area contributed by atoms with Crippen molar-refractivity contribution < 1.29 is 23.5 Å². The Labute approximate surface area is 274 Å². The predicted molar refractivity (Wildman–Crippen MR) is 176 cm³/mol. The van der Waals surface area contributed by atoms with Crippen LogP contribution in [0.15, 0.2) is 30.7 Å². The van der Waals surface area contributed by atoms with Crippen LogP contribution in [-0.2, 0) is 4.79 Å². The summed E-state index contributed by atoms with van der Waals surface area (Å²) >= 11 is 0. The molecule has 248 valence electrons. The van der Waals surface area contributed by atoms with Crippen LogP contribution in [0.25, 0.3) is 10.8 Å². The first kappa shape index (κ1) is 32.4. The van der Waals surface area contributed by atoms with Gasteiger partial charge in [0.25, 0.3) is 11.8 Å². The molecule has 12 heteroatoms. The normalized spacial score (nSPS) is 22.5. The van der Waals surface area contributed by atoms with E-state index in [1.165, 1.54) is 7.11 Å². The Hall–Kier alpha value is -4.50. The number of methoxy groups -OCH3 is 1. The van der Waals surface area contributed by atoms with E-state index in [0.717, 1.165) is 63.4 Å². The van der Waals surface area contributed by atoms with Gasteiger partial charge < -0.3 is 25.4 Å². The number of nitrogens with one attached hydrogen (secondary N) is 1. The minimum absolute atomic E-state index is 0.0475. The maximum absolute atomic E-state index is 14.3. The molecule has 1 unspecified atom stereocenters.